The first-order chi connectivity index (χ1) is 16.0. The average Bonchev–Trinajstić information content (AvgIpc) is 2.78. The first-order valence-electron chi connectivity index (χ1n) is 11.5. The van der Waals surface area contributed by atoms with Crippen molar-refractivity contribution in [3.63, 3.8) is 0 Å². The molecule has 12 nitrogen and oxygen atoms in total. The first-order valence-corrected chi connectivity index (χ1v) is 11.5. The summed E-state index contributed by atoms with van der Waals surface area (Å²) in [6.45, 7) is 6.39. The standard InChI is InChI=1S/C22H31N5O7/c1-22(2,3)34-21(29)25-11-9-24(10-12-25)18-13-16(17(26(30)31)14-19(18)27(32)33)23-20(28)15-7-5-4-6-8-15/h13-15H,4-12H2,1-3H3,(H,23,28). The molecule has 34 heavy (non-hydrogen) atoms. The van der Waals surface area contributed by atoms with E-state index in [9.17, 15) is 29.8 Å². The molecule has 2 fully saturated rings. The van der Waals surface area contributed by atoms with Crippen LogP contribution in [0.4, 0.5) is 27.5 Å². The third-order valence-corrected chi connectivity index (χ3v) is 5.99. The maximum Gasteiger partial charge on any atom is 0.410 e. The van der Waals surface area contributed by atoms with Gasteiger partial charge in [0.05, 0.1) is 15.9 Å². The maximum atomic E-state index is 12.7. The summed E-state index contributed by atoms with van der Waals surface area (Å²) < 4.78 is 5.38. The summed E-state index contributed by atoms with van der Waals surface area (Å²) in [7, 11) is 0. The molecule has 2 aliphatic rings. The van der Waals surface area contributed by atoms with Crippen molar-refractivity contribution in [3.05, 3.63) is 32.4 Å². The molecule has 1 aromatic rings. The van der Waals surface area contributed by atoms with Crippen LogP contribution in [0.1, 0.15) is 52.9 Å². The van der Waals surface area contributed by atoms with Gasteiger partial charge in [-0.15, -0.1) is 0 Å². The van der Waals surface area contributed by atoms with E-state index in [0.29, 0.717) is 12.8 Å². The van der Waals surface area contributed by atoms with Crippen molar-refractivity contribution in [3.8, 4) is 0 Å². The van der Waals surface area contributed by atoms with Crippen molar-refractivity contribution in [1.82, 2.24) is 4.90 Å². The van der Waals surface area contributed by atoms with Gasteiger partial charge in [-0.1, -0.05) is 19.3 Å². The predicted octanol–water partition coefficient (Wildman–Crippen LogP) is 4.08. The molecule has 2 amide bonds. The molecule has 3 rings (SSSR count). The molecule has 1 aliphatic heterocycles. The lowest BCUT2D eigenvalue weighted by atomic mass is 9.88. The lowest BCUT2D eigenvalue weighted by molar-refractivity contribution is -0.393. The average molecular weight is 478 g/mol. The Labute approximate surface area is 197 Å². The summed E-state index contributed by atoms with van der Waals surface area (Å²) in [6, 6.07) is 2.20. The molecule has 1 heterocycles. The van der Waals surface area contributed by atoms with Gasteiger partial charge in [0.25, 0.3) is 11.4 Å². The number of rotatable bonds is 5. The Morgan fingerprint density at radius 2 is 1.56 bits per heavy atom. The predicted molar refractivity (Wildman–Crippen MR) is 125 cm³/mol. The zero-order valence-electron chi connectivity index (χ0n) is 19.7. The molecule has 0 atom stereocenters. The van der Waals surface area contributed by atoms with Gasteiger partial charge in [0.2, 0.25) is 5.91 Å². The number of nitro benzene ring substituents is 2. The number of nitro groups is 2. The zero-order chi connectivity index (χ0) is 25.0. The van der Waals surface area contributed by atoms with Gasteiger partial charge in [-0.3, -0.25) is 25.0 Å². The van der Waals surface area contributed by atoms with Gasteiger partial charge in [-0.2, -0.15) is 0 Å². The number of carbonyl (C=O) groups excluding carboxylic acids is 2. The van der Waals surface area contributed by atoms with Crippen LogP contribution in [0.15, 0.2) is 12.1 Å². The second-order valence-electron chi connectivity index (χ2n) is 9.65. The third kappa shape index (κ3) is 6.12. The van der Waals surface area contributed by atoms with Crippen molar-refractivity contribution in [2.24, 2.45) is 5.92 Å². The van der Waals surface area contributed by atoms with Crippen LogP contribution >= 0.6 is 0 Å². The summed E-state index contributed by atoms with van der Waals surface area (Å²) in [6.07, 6.45) is 3.87. The van der Waals surface area contributed by atoms with Gasteiger partial charge in [0.1, 0.15) is 17.0 Å². The smallest absolute Gasteiger partial charge is 0.410 e. The molecule has 12 heteroatoms. The van der Waals surface area contributed by atoms with Crippen molar-refractivity contribution in [2.75, 3.05) is 36.4 Å². The van der Waals surface area contributed by atoms with Gasteiger partial charge < -0.3 is 19.9 Å². The van der Waals surface area contributed by atoms with Crippen LogP contribution in [0.2, 0.25) is 0 Å². The molecule has 0 spiro atoms. The minimum Gasteiger partial charge on any atom is -0.444 e. The van der Waals surface area contributed by atoms with Gasteiger partial charge in [-0.25, -0.2) is 4.79 Å². The Kier molecular flexibility index (Phi) is 7.57. The molecule has 186 valence electrons. The van der Waals surface area contributed by atoms with Crippen LogP contribution in [0.25, 0.3) is 0 Å². The van der Waals surface area contributed by atoms with Gasteiger partial charge in [0.15, 0.2) is 0 Å². The molecule has 1 saturated carbocycles. The van der Waals surface area contributed by atoms with Crippen molar-refractivity contribution in [1.29, 1.82) is 0 Å². The Morgan fingerprint density at radius 3 is 2.09 bits per heavy atom. The summed E-state index contributed by atoms with van der Waals surface area (Å²) in [5.74, 6) is -0.540. The van der Waals surface area contributed by atoms with Crippen LogP contribution in [-0.2, 0) is 9.53 Å². The fourth-order valence-electron chi connectivity index (χ4n) is 4.27. The Hall–Kier alpha value is -3.44. The van der Waals surface area contributed by atoms with Gasteiger partial charge in [0, 0.05) is 32.1 Å². The fraction of sp³-hybridized carbons (Fsp3) is 0.636. The summed E-state index contributed by atoms with van der Waals surface area (Å²) in [4.78, 5) is 50.3. The van der Waals surface area contributed by atoms with E-state index >= 15 is 0 Å². The largest absolute Gasteiger partial charge is 0.444 e. The van der Waals surface area contributed by atoms with Crippen molar-refractivity contribution >= 4 is 34.7 Å². The zero-order valence-corrected chi connectivity index (χ0v) is 19.7. The number of piperazine rings is 1. The number of hydrogen-bond donors (Lipinski definition) is 1. The molecular weight excluding hydrogens is 446 g/mol. The normalized spacial score (nSPS) is 17.3. The minimum absolute atomic E-state index is 0.0595. The minimum atomic E-state index is -0.728. The molecule has 0 unspecified atom stereocenters. The molecular formula is C22H31N5O7. The van der Waals surface area contributed by atoms with E-state index < -0.39 is 32.9 Å². The van der Waals surface area contributed by atoms with Crippen LogP contribution in [0.3, 0.4) is 0 Å². The number of amides is 2. The summed E-state index contributed by atoms with van der Waals surface area (Å²) in [5, 5.41) is 26.0. The highest BCUT2D eigenvalue weighted by atomic mass is 16.6. The second-order valence-corrected chi connectivity index (χ2v) is 9.65. The number of ether oxygens (including phenoxy) is 1. The SMILES string of the molecule is CC(C)(C)OC(=O)N1CCN(c2cc(NC(=O)C3CCCCC3)c([N+](=O)[O-])cc2[N+](=O)[O-])CC1. The van der Waals surface area contributed by atoms with Crippen molar-refractivity contribution in [2.45, 2.75) is 58.5 Å². The quantitative estimate of drug-likeness (QED) is 0.493. The highest BCUT2D eigenvalue weighted by Crippen LogP contribution is 2.39. The number of nitrogens with zero attached hydrogens (tertiary/aromatic N) is 4. The number of hydrogen-bond acceptors (Lipinski definition) is 8. The summed E-state index contributed by atoms with van der Waals surface area (Å²) in [5.41, 5.74) is -1.48. The molecule has 0 bridgehead atoms. The first kappa shape index (κ1) is 25.2. The number of benzene rings is 1. The van der Waals surface area contributed by atoms with Crippen LogP contribution in [-0.4, -0.2) is 58.5 Å². The second kappa shape index (κ2) is 10.2. The van der Waals surface area contributed by atoms with Gasteiger partial charge >= 0.3 is 6.09 Å². The monoisotopic (exact) mass is 477 g/mol. The third-order valence-electron chi connectivity index (χ3n) is 5.99. The molecule has 1 saturated heterocycles. The molecule has 1 N–H and O–H groups in total. The van der Waals surface area contributed by atoms with E-state index in [2.05, 4.69) is 5.32 Å². The Balaban J connectivity index is 1.84. The van der Waals surface area contributed by atoms with E-state index in [-0.39, 0.29) is 49.4 Å². The van der Waals surface area contributed by atoms with E-state index in [0.717, 1.165) is 25.3 Å². The number of nitrogens with one attached hydrogen (secondary N) is 1. The van der Waals surface area contributed by atoms with Crippen LogP contribution in [0, 0.1) is 26.1 Å². The van der Waals surface area contributed by atoms with Crippen LogP contribution < -0.4 is 10.2 Å². The van der Waals surface area contributed by atoms with Crippen LogP contribution in [0.5, 0.6) is 0 Å². The highest BCUT2D eigenvalue weighted by Gasteiger charge is 2.32. The molecule has 1 aliphatic carbocycles. The summed E-state index contributed by atoms with van der Waals surface area (Å²) >= 11 is 0. The molecule has 1 aromatic carbocycles. The maximum absolute atomic E-state index is 12.7. The Bertz CT molecular complexity index is 961. The lowest BCUT2D eigenvalue weighted by Crippen LogP contribution is -2.50. The number of anilines is 2. The molecule has 0 radical (unpaired) electrons. The van der Waals surface area contributed by atoms with E-state index in [1.807, 2.05) is 0 Å². The Morgan fingerprint density at radius 1 is 0.971 bits per heavy atom. The van der Waals surface area contributed by atoms with Crippen molar-refractivity contribution < 1.29 is 24.2 Å². The van der Waals surface area contributed by atoms with E-state index in [1.165, 1.54) is 11.0 Å². The van der Waals surface area contributed by atoms with E-state index in [4.69, 9.17) is 4.74 Å². The molecule has 0 aromatic heterocycles. The number of carbonyl (C=O) groups is 2. The lowest BCUT2D eigenvalue weighted by Gasteiger charge is -2.36. The highest BCUT2D eigenvalue weighted by molar-refractivity contribution is 5.96. The topological polar surface area (TPSA) is 148 Å². The van der Waals surface area contributed by atoms with E-state index in [1.54, 1.807) is 25.7 Å². The van der Waals surface area contributed by atoms with Gasteiger partial charge in [-0.05, 0) is 39.7 Å². The fourth-order valence-corrected chi connectivity index (χ4v) is 4.27.